The number of carbonyl (C=O) groups is 2. The Balaban J connectivity index is 1.99. The fourth-order valence-electron chi connectivity index (χ4n) is 1.92. The molecule has 1 aromatic heterocycles. The van der Waals surface area contributed by atoms with Crippen molar-refractivity contribution in [2.75, 3.05) is 6.54 Å². The van der Waals surface area contributed by atoms with E-state index in [-0.39, 0.29) is 29.9 Å². The van der Waals surface area contributed by atoms with Crippen molar-refractivity contribution in [2.24, 2.45) is 5.41 Å². The SMILES string of the molecule is CC(C)(CCNC(=O)c1ccc(-c2noc(C(F)(F)F)n2)cc1)C(=O)O. The number of hydrogen-bond donors (Lipinski definition) is 2. The lowest BCUT2D eigenvalue weighted by molar-refractivity contribution is -0.159. The maximum Gasteiger partial charge on any atom is 0.471 e. The summed E-state index contributed by atoms with van der Waals surface area (Å²) in [6.45, 7) is 3.27. The topological polar surface area (TPSA) is 105 Å². The Hall–Kier alpha value is -2.91. The molecule has 1 heterocycles. The van der Waals surface area contributed by atoms with Gasteiger partial charge in [-0.15, -0.1) is 0 Å². The van der Waals surface area contributed by atoms with E-state index in [1.165, 1.54) is 24.3 Å². The highest BCUT2D eigenvalue weighted by molar-refractivity contribution is 5.94. The number of rotatable bonds is 6. The molecule has 26 heavy (non-hydrogen) atoms. The first-order valence-electron chi connectivity index (χ1n) is 7.53. The minimum absolute atomic E-state index is 0.166. The Kier molecular flexibility index (Phi) is 5.33. The van der Waals surface area contributed by atoms with Crippen LogP contribution in [0.2, 0.25) is 0 Å². The molecule has 0 aliphatic heterocycles. The van der Waals surface area contributed by atoms with E-state index in [2.05, 4.69) is 20.0 Å². The number of benzene rings is 1. The normalized spacial score (nSPS) is 12.0. The summed E-state index contributed by atoms with van der Waals surface area (Å²) in [5, 5.41) is 14.9. The van der Waals surface area contributed by atoms with Gasteiger partial charge in [-0.25, -0.2) is 0 Å². The van der Waals surface area contributed by atoms with Crippen molar-refractivity contribution in [2.45, 2.75) is 26.4 Å². The lowest BCUT2D eigenvalue weighted by Gasteiger charge is -2.18. The van der Waals surface area contributed by atoms with Crippen LogP contribution in [0.1, 0.15) is 36.5 Å². The summed E-state index contributed by atoms with van der Waals surface area (Å²) in [5.41, 5.74) is -0.444. The average molecular weight is 371 g/mol. The van der Waals surface area contributed by atoms with Crippen LogP contribution in [0.3, 0.4) is 0 Å². The zero-order chi connectivity index (χ0) is 19.5. The molecule has 2 aromatic rings. The third kappa shape index (κ3) is 4.58. The van der Waals surface area contributed by atoms with Crippen LogP contribution in [0.15, 0.2) is 28.8 Å². The van der Waals surface area contributed by atoms with Gasteiger partial charge in [-0.2, -0.15) is 18.2 Å². The molecule has 0 saturated heterocycles. The van der Waals surface area contributed by atoms with Gasteiger partial charge in [0.05, 0.1) is 5.41 Å². The number of hydrogen-bond acceptors (Lipinski definition) is 5. The van der Waals surface area contributed by atoms with Gasteiger partial charge in [0, 0.05) is 17.7 Å². The molecule has 1 aromatic carbocycles. The summed E-state index contributed by atoms with van der Waals surface area (Å²) in [6, 6.07) is 5.58. The number of amides is 1. The van der Waals surface area contributed by atoms with Crippen LogP contribution in [0.5, 0.6) is 0 Å². The van der Waals surface area contributed by atoms with Gasteiger partial charge in [-0.1, -0.05) is 17.3 Å². The Morgan fingerprint density at radius 3 is 2.31 bits per heavy atom. The Morgan fingerprint density at radius 1 is 1.19 bits per heavy atom. The number of nitrogens with one attached hydrogen (secondary N) is 1. The molecular formula is C16H16F3N3O4. The number of aliphatic carboxylic acids is 1. The van der Waals surface area contributed by atoms with Gasteiger partial charge >= 0.3 is 18.0 Å². The minimum Gasteiger partial charge on any atom is -0.481 e. The molecule has 140 valence electrons. The summed E-state index contributed by atoms with van der Waals surface area (Å²) in [7, 11) is 0. The molecule has 0 bridgehead atoms. The van der Waals surface area contributed by atoms with Crippen LogP contribution in [-0.4, -0.2) is 33.7 Å². The molecule has 2 N–H and O–H groups in total. The summed E-state index contributed by atoms with van der Waals surface area (Å²) in [4.78, 5) is 26.3. The number of carboxylic acids is 1. The highest BCUT2D eigenvalue weighted by Gasteiger charge is 2.38. The zero-order valence-electron chi connectivity index (χ0n) is 13.9. The second kappa shape index (κ2) is 7.14. The van der Waals surface area contributed by atoms with Crippen molar-refractivity contribution in [3.05, 3.63) is 35.7 Å². The van der Waals surface area contributed by atoms with E-state index in [1.54, 1.807) is 13.8 Å². The van der Waals surface area contributed by atoms with E-state index in [0.717, 1.165) is 0 Å². The first-order chi connectivity index (χ1) is 12.0. The predicted molar refractivity (Wildman–Crippen MR) is 83.1 cm³/mol. The van der Waals surface area contributed by atoms with Crippen molar-refractivity contribution in [3.8, 4) is 11.4 Å². The van der Waals surface area contributed by atoms with E-state index >= 15 is 0 Å². The molecule has 0 aliphatic rings. The monoisotopic (exact) mass is 371 g/mol. The van der Waals surface area contributed by atoms with Gasteiger partial charge in [0.2, 0.25) is 5.82 Å². The number of carbonyl (C=O) groups excluding carboxylic acids is 1. The smallest absolute Gasteiger partial charge is 0.471 e. The first kappa shape index (κ1) is 19.4. The molecule has 10 heteroatoms. The Labute approximate surface area is 146 Å². The lowest BCUT2D eigenvalue weighted by Crippen LogP contribution is -2.31. The van der Waals surface area contributed by atoms with Crippen LogP contribution < -0.4 is 5.32 Å². The van der Waals surface area contributed by atoms with E-state index in [9.17, 15) is 22.8 Å². The first-order valence-corrected chi connectivity index (χ1v) is 7.53. The standard InChI is InChI=1S/C16H16F3N3O4/c1-15(2,14(24)25)7-8-20-12(23)10-5-3-9(4-6-10)11-21-13(26-22-11)16(17,18)19/h3-6H,7-8H2,1-2H3,(H,20,23)(H,24,25). The highest BCUT2D eigenvalue weighted by atomic mass is 19.4. The van der Waals surface area contributed by atoms with Gasteiger partial charge in [0.15, 0.2) is 0 Å². The van der Waals surface area contributed by atoms with Crippen LogP contribution in [0, 0.1) is 5.41 Å². The number of aromatic nitrogens is 2. The van der Waals surface area contributed by atoms with Gasteiger partial charge < -0.3 is 14.9 Å². The van der Waals surface area contributed by atoms with Gasteiger partial charge in [0.25, 0.3) is 5.91 Å². The van der Waals surface area contributed by atoms with Crippen LogP contribution >= 0.6 is 0 Å². The van der Waals surface area contributed by atoms with Gasteiger partial charge in [0.1, 0.15) is 0 Å². The minimum atomic E-state index is -4.73. The number of nitrogens with zero attached hydrogens (tertiary/aromatic N) is 2. The summed E-state index contributed by atoms with van der Waals surface area (Å²) in [6.07, 6.45) is -4.48. The number of alkyl halides is 3. The second-order valence-electron chi connectivity index (χ2n) is 6.19. The van der Waals surface area contributed by atoms with E-state index in [0.29, 0.717) is 0 Å². The van der Waals surface area contributed by atoms with Crippen LogP contribution in [0.4, 0.5) is 13.2 Å². The molecular weight excluding hydrogens is 355 g/mol. The largest absolute Gasteiger partial charge is 0.481 e. The van der Waals surface area contributed by atoms with Crippen molar-refractivity contribution >= 4 is 11.9 Å². The van der Waals surface area contributed by atoms with Crippen molar-refractivity contribution in [1.29, 1.82) is 0 Å². The predicted octanol–water partition coefficient (Wildman–Crippen LogP) is 2.99. The number of carboxylic acid groups (broad SMARTS) is 1. The molecule has 1 amide bonds. The molecule has 7 nitrogen and oxygen atoms in total. The van der Waals surface area contributed by atoms with E-state index in [1.807, 2.05) is 0 Å². The lowest BCUT2D eigenvalue weighted by atomic mass is 9.90. The van der Waals surface area contributed by atoms with Gasteiger partial charge in [-0.3, -0.25) is 9.59 Å². The highest BCUT2D eigenvalue weighted by Crippen LogP contribution is 2.29. The molecule has 0 atom stereocenters. The third-order valence-corrected chi connectivity index (χ3v) is 3.69. The molecule has 0 fully saturated rings. The Bertz CT molecular complexity index is 798. The average Bonchev–Trinajstić information content (AvgIpc) is 3.05. The maximum absolute atomic E-state index is 12.5. The molecule has 0 unspecified atom stereocenters. The molecule has 2 rings (SSSR count). The van der Waals surface area contributed by atoms with Crippen LogP contribution in [-0.2, 0) is 11.0 Å². The maximum atomic E-state index is 12.5. The molecule has 0 saturated carbocycles. The molecule has 0 aliphatic carbocycles. The van der Waals surface area contributed by atoms with Gasteiger partial charge in [-0.05, 0) is 32.4 Å². The van der Waals surface area contributed by atoms with Crippen molar-refractivity contribution < 1.29 is 32.4 Å². The molecule has 0 spiro atoms. The molecule has 0 radical (unpaired) electrons. The quantitative estimate of drug-likeness (QED) is 0.809. The second-order valence-corrected chi connectivity index (χ2v) is 6.19. The Morgan fingerprint density at radius 2 is 1.81 bits per heavy atom. The number of halogens is 3. The zero-order valence-corrected chi connectivity index (χ0v) is 13.9. The van der Waals surface area contributed by atoms with Crippen LogP contribution in [0.25, 0.3) is 11.4 Å². The van der Waals surface area contributed by atoms with E-state index < -0.39 is 29.4 Å². The fourth-order valence-corrected chi connectivity index (χ4v) is 1.92. The van der Waals surface area contributed by atoms with E-state index in [4.69, 9.17) is 5.11 Å². The fraction of sp³-hybridized carbons (Fsp3) is 0.375. The summed E-state index contributed by atoms with van der Waals surface area (Å²) in [5.74, 6) is -3.08. The van der Waals surface area contributed by atoms with Crippen molar-refractivity contribution in [1.82, 2.24) is 15.5 Å². The third-order valence-electron chi connectivity index (χ3n) is 3.69. The van der Waals surface area contributed by atoms with Crippen molar-refractivity contribution in [3.63, 3.8) is 0 Å². The summed E-state index contributed by atoms with van der Waals surface area (Å²) < 4.78 is 41.5. The summed E-state index contributed by atoms with van der Waals surface area (Å²) >= 11 is 0.